The normalized spacial score (nSPS) is 31.2. The molecule has 3 atom stereocenters. The third-order valence-electron chi connectivity index (χ3n) is 9.67. The van der Waals surface area contributed by atoms with Crippen LogP contribution in [0.3, 0.4) is 0 Å². The van der Waals surface area contributed by atoms with Gasteiger partial charge in [0.1, 0.15) is 5.60 Å². The second-order valence-electron chi connectivity index (χ2n) is 14.5. The van der Waals surface area contributed by atoms with Gasteiger partial charge in [-0.15, -0.1) is 0 Å². The zero-order valence-corrected chi connectivity index (χ0v) is 24.3. The lowest BCUT2D eigenvalue weighted by atomic mass is 9.61. The molecule has 9 heteroatoms. The molecule has 212 valence electrons. The van der Waals surface area contributed by atoms with Crippen LogP contribution in [0.4, 0.5) is 10.6 Å². The molecule has 5 aliphatic rings. The van der Waals surface area contributed by atoms with Crippen molar-refractivity contribution in [2.75, 3.05) is 57.4 Å². The van der Waals surface area contributed by atoms with E-state index in [9.17, 15) is 4.79 Å². The van der Waals surface area contributed by atoms with Gasteiger partial charge in [-0.25, -0.2) is 4.79 Å². The molecule has 1 amide bonds. The van der Waals surface area contributed by atoms with Crippen molar-refractivity contribution >= 4 is 11.9 Å². The number of amides is 1. The van der Waals surface area contributed by atoms with E-state index in [0.29, 0.717) is 24.0 Å². The number of hydrogen-bond donors (Lipinski definition) is 1. The van der Waals surface area contributed by atoms with Gasteiger partial charge in [0.15, 0.2) is 5.82 Å². The Labute approximate surface area is 228 Å². The second kappa shape index (κ2) is 9.37. The third kappa shape index (κ3) is 4.94. The van der Waals surface area contributed by atoms with Crippen LogP contribution in [0, 0.1) is 18.3 Å². The molecular weight excluding hydrogens is 480 g/mol. The Kier molecular flexibility index (Phi) is 6.51. The maximum Gasteiger partial charge on any atom is 0.410 e. The van der Waals surface area contributed by atoms with Crippen molar-refractivity contribution in [3.05, 3.63) is 11.8 Å². The molecule has 1 saturated carbocycles. The molecule has 4 saturated heterocycles. The van der Waals surface area contributed by atoms with E-state index in [1.54, 1.807) is 0 Å². The zero-order valence-electron chi connectivity index (χ0n) is 24.3. The summed E-state index contributed by atoms with van der Waals surface area (Å²) >= 11 is 0. The zero-order chi connectivity index (χ0) is 26.9. The minimum atomic E-state index is -0.439. The Morgan fingerprint density at radius 2 is 1.95 bits per heavy atom. The molecule has 5 fully saturated rings. The summed E-state index contributed by atoms with van der Waals surface area (Å²) in [5, 5.41) is 8.80. The molecular formula is C29H48N6O3. The first kappa shape index (κ1) is 26.4. The lowest BCUT2D eigenvalue weighted by molar-refractivity contribution is -0.0930. The highest BCUT2D eigenvalue weighted by molar-refractivity contribution is 5.69. The Morgan fingerprint density at radius 3 is 2.66 bits per heavy atom. The average Bonchev–Trinajstić information content (AvgIpc) is 3.37. The summed E-state index contributed by atoms with van der Waals surface area (Å²) < 4.78 is 13.6. The molecule has 1 N–H and O–H groups in total. The van der Waals surface area contributed by atoms with Gasteiger partial charge in [0.05, 0.1) is 25.3 Å². The molecule has 9 nitrogen and oxygen atoms in total. The standard InChI is InChI=1S/C29H48N6O3/c1-20-11-25(31-35(20)22-13-29(14-22)18-33(19-29)26(36)38-27(2,3)4)34-9-7-21(12-28(34,5)6)15-32-10-8-30-23-16-37-17-24(23)32/h11,21-24,30H,7-10,12-19H2,1-6H3/t21-,23-,24+/m1/s1. The molecule has 1 aromatic heterocycles. The van der Waals surface area contributed by atoms with Crippen LogP contribution >= 0.6 is 0 Å². The van der Waals surface area contributed by atoms with Crippen molar-refractivity contribution in [2.24, 2.45) is 11.3 Å². The number of piperazine rings is 1. The highest BCUT2D eigenvalue weighted by atomic mass is 16.6. The van der Waals surface area contributed by atoms with Crippen LogP contribution in [0.15, 0.2) is 6.07 Å². The summed E-state index contributed by atoms with van der Waals surface area (Å²) in [6, 6.07) is 3.77. The van der Waals surface area contributed by atoms with Crippen molar-refractivity contribution in [1.82, 2.24) is 24.9 Å². The number of piperidine rings is 1. The Morgan fingerprint density at radius 1 is 1.18 bits per heavy atom. The number of nitrogens with zero attached hydrogens (tertiary/aromatic N) is 5. The number of fused-ring (bicyclic) bond motifs is 1. The first-order chi connectivity index (χ1) is 17.9. The number of nitrogens with one attached hydrogen (secondary N) is 1. The summed E-state index contributed by atoms with van der Waals surface area (Å²) in [7, 11) is 0. The molecule has 1 aliphatic carbocycles. The molecule has 6 rings (SSSR count). The van der Waals surface area contributed by atoms with E-state index < -0.39 is 5.60 Å². The molecule has 1 spiro atoms. The van der Waals surface area contributed by atoms with Crippen LogP contribution in [-0.2, 0) is 9.47 Å². The summed E-state index contributed by atoms with van der Waals surface area (Å²) in [5.74, 6) is 1.84. The van der Waals surface area contributed by atoms with Crippen LogP contribution in [-0.4, -0.2) is 101 Å². The molecule has 1 aromatic rings. The fraction of sp³-hybridized carbons (Fsp3) is 0.862. The van der Waals surface area contributed by atoms with Crippen LogP contribution in [0.5, 0.6) is 0 Å². The van der Waals surface area contributed by atoms with Gasteiger partial charge in [0.2, 0.25) is 0 Å². The summed E-state index contributed by atoms with van der Waals surface area (Å²) in [6.07, 6.45) is 4.41. The summed E-state index contributed by atoms with van der Waals surface area (Å²) in [6.45, 7) is 20.6. The Bertz CT molecular complexity index is 1030. The van der Waals surface area contributed by atoms with Crippen LogP contribution in [0.2, 0.25) is 0 Å². The third-order valence-corrected chi connectivity index (χ3v) is 9.67. The number of aryl methyl sites for hydroxylation is 1. The minimum absolute atomic E-state index is 0.0802. The maximum atomic E-state index is 12.4. The number of carbonyl (C=O) groups excluding carboxylic acids is 1. The predicted molar refractivity (Wildman–Crippen MR) is 148 cm³/mol. The van der Waals surface area contributed by atoms with Gasteiger partial charge in [-0.3, -0.25) is 9.58 Å². The largest absolute Gasteiger partial charge is 0.444 e. The van der Waals surface area contributed by atoms with Crippen LogP contribution in [0.1, 0.15) is 72.0 Å². The van der Waals surface area contributed by atoms with Crippen molar-refractivity contribution in [2.45, 2.75) is 96.5 Å². The molecule has 0 radical (unpaired) electrons. The van der Waals surface area contributed by atoms with Gasteiger partial charge in [-0.2, -0.15) is 5.10 Å². The van der Waals surface area contributed by atoms with Crippen LogP contribution in [0.25, 0.3) is 0 Å². The van der Waals surface area contributed by atoms with E-state index in [0.717, 1.165) is 64.6 Å². The number of aromatic nitrogens is 2. The SMILES string of the molecule is Cc1cc(N2CC[C@@H](CN3CCN[C@@H]4COC[C@@H]43)CC2(C)C)nn1C1CC2(C1)CN(C(=O)OC(C)(C)C)C2. The maximum absolute atomic E-state index is 12.4. The number of likely N-dealkylation sites (tertiary alicyclic amines) is 1. The van der Waals surface area contributed by atoms with Gasteiger partial charge in [-0.1, -0.05) is 0 Å². The summed E-state index contributed by atoms with van der Waals surface area (Å²) in [5.41, 5.74) is 1.14. The highest BCUT2D eigenvalue weighted by Crippen LogP contribution is 2.54. The van der Waals surface area contributed by atoms with Crippen molar-refractivity contribution in [3.63, 3.8) is 0 Å². The second-order valence-corrected chi connectivity index (χ2v) is 14.5. The van der Waals surface area contributed by atoms with Gasteiger partial charge in [-0.05, 0) is 73.1 Å². The first-order valence-electron chi connectivity index (χ1n) is 14.8. The lowest BCUT2D eigenvalue weighted by Gasteiger charge is -2.58. The molecule has 38 heavy (non-hydrogen) atoms. The van der Waals surface area contributed by atoms with E-state index in [-0.39, 0.29) is 17.0 Å². The topological polar surface area (TPSA) is 75.1 Å². The van der Waals surface area contributed by atoms with E-state index in [4.69, 9.17) is 14.6 Å². The van der Waals surface area contributed by atoms with Crippen molar-refractivity contribution in [3.8, 4) is 0 Å². The molecule has 4 aliphatic heterocycles. The van der Waals surface area contributed by atoms with E-state index in [1.807, 2.05) is 25.7 Å². The molecule has 5 heterocycles. The highest BCUT2D eigenvalue weighted by Gasteiger charge is 2.55. The molecule has 0 bridgehead atoms. The number of hydrogen-bond acceptors (Lipinski definition) is 7. The average molecular weight is 529 g/mol. The monoisotopic (exact) mass is 528 g/mol. The summed E-state index contributed by atoms with van der Waals surface area (Å²) in [4.78, 5) is 19.5. The van der Waals surface area contributed by atoms with E-state index in [1.165, 1.54) is 25.1 Å². The quantitative estimate of drug-likeness (QED) is 0.642. The molecule has 0 unspecified atom stereocenters. The fourth-order valence-corrected chi connectivity index (χ4v) is 7.89. The van der Waals surface area contributed by atoms with Crippen LogP contribution < -0.4 is 10.2 Å². The van der Waals surface area contributed by atoms with Crippen molar-refractivity contribution in [1.29, 1.82) is 0 Å². The fourth-order valence-electron chi connectivity index (χ4n) is 7.89. The molecule has 0 aromatic carbocycles. The number of carbonyl (C=O) groups is 1. The van der Waals surface area contributed by atoms with E-state index in [2.05, 4.69) is 46.6 Å². The minimum Gasteiger partial charge on any atom is -0.444 e. The number of anilines is 1. The number of rotatable bonds is 4. The predicted octanol–water partition coefficient (Wildman–Crippen LogP) is 3.43. The Balaban J connectivity index is 1.03. The van der Waals surface area contributed by atoms with Gasteiger partial charge in [0.25, 0.3) is 0 Å². The van der Waals surface area contributed by atoms with Gasteiger partial charge in [0, 0.05) is 68.0 Å². The smallest absolute Gasteiger partial charge is 0.410 e. The van der Waals surface area contributed by atoms with E-state index >= 15 is 0 Å². The Hall–Kier alpha value is -1.84. The van der Waals surface area contributed by atoms with Crippen molar-refractivity contribution < 1.29 is 14.3 Å². The van der Waals surface area contributed by atoms with Gasteiger partial charge < -0.3 is 24.6 Å². The van der Waals surface area contributed by atoms with Gasteiger partial charge >= 0.3 is 6.09 Å². The lowest BCUT2D eigenvalue weighted by Crippen LogP contribution is -2.64. The first-order valence-corrected chi connectivity index (χ1v) is 14.8. The number of ether oxygens (including phenoxy) is 2.